The number of aliphatic carboxylic acids is 1. The van der Waals surface area contributed by atoms with Crippen molar-refractivity contribution in [2.45, 2.75) is 19.9 Å². The van der Waals surface area contributed by atoms with Crippen LogP contribution in [-0.4, -0.2) is 23.0 Å². The third-order valence-electron chi connectivity index (χ3n) is 4.41. The van der Waals surface area contributed by atoms with Crippen molar-refractivity contribution in [2.75, 3.05) is 4.90 Å². The molecule has 1 heterocycles. The Labute approximate surface area is 117 Å². The highest BCUT2D eigenvalue weighted by molar-refractivity contribution is 6.03. The first-order chi connectivity index (χ1) is 9.52. The van der Waals surface area contributed by atoms with Gasteiger partial charge in [-0.2, -0.15) is 0 Å². The second-order valence-electron chi connectivity index (χ2n) is 5.65. The predicted molar refractivity (Wildman–Crippen MR) is 75.3 cm³/mol. The van der Waals surface area contributed by atoms with E-state index in [-0.39, 0.29) is 17.9 Å². The number of rotatable bonds is 2. The van der Waals surface area contributed by atoms with Crippen molar-refractivity contribution in [1.29, 1.82) is 0 Å². The first kappa shape index (κ1) is 12.9. The Morgan fingerprint density at radius 1 is 1.25 bits per heavy atom. The molecule has 4 unspecified atom stereocenters. The highest BCUT2D eigenvalue weighted by Crippen LogP contribution is 2.46. The molecule has 1 saturated heterocycles. The van der Waals surface area contributed by atoms with Gasteiger partial charge in [0.25, 0.3) is 0 Å². The second kappa shape index (κ2) is 4.47. The molecule has 1 fully saturated rings. The number of hydrogen-bond acceptors (Lipinski definition) is 2. The van der Waals surface area contributed by atoms with Gasteiger partial charge >= 0.3 is 5.97 Å². The molecule has 104 valence electrons. The van der Waals surface area contributed by atoms with Crippen LogP contribution in [0, 0.1) is 17.8 Å². The van der Waals surface area contributed by atoms with Crippen LogP contribution in [0.4, 0.5) is 5.69 Å². The van der Waals surface area contributed by atoms with Crippen LogP contribution in [0.3, 0.4) is 0 Å². The minimum absolute atomic E-state index is 0.0337. The molecule has 1 aliphatic carbocycles. The lowest BCUT2D eigenvalue weighted by molar-refractivity contribution is -0.145. The highest BCUT2D eigenvalue weighted by Gasteiger charge is 2.56. The minimum atomic E-state index is -0.883. The van der Waals surface area contributed by atoms with Crippen molar-refractivity contribution in [3.05, 3.63) is 42.0 Å². The lowest BCUT2D eigenvalue weighted by Gasteiger charge is -2.30. The first-order valence-electron chi connectivity index (χ1n) is 6.81. The van der Waals surface area contributed by atoms with Gasteiger partial charge in [0.1, 0.15) is 0 Å². The molecule has 3 rings (SSSR count). The topological polar surface area (TPSA) is 57.6 Å². The van der Waals surface area contributed by atoms with Crippen LogP contribution in [0.15, 0.2) is 42.0 Å². The third-order valence-corrected chi connectivity index (χ3v) is 4.41. The van der Waals surface area contributed by atoms with Crippen LogP contribution in [0.1, 0.15) is 13.8 Å². The molecule has 4 heteroatoms. The monoisotopic (exact) mass is 271 g/mol. The number of anilines is 1. The van der Waals surface area contributed by atoms with Crippen molar-refractivity contribution >= 4 is 17.6 Å². The average Bonchev–Trinajstić information content (AvgIpc) is 2.68. The molecular weight excluding hydrogens is 254 g/mol. The standard InChI is InChI=1S/C16H17NO3/c1-9-8-10(2)14-13(16(19)20)12(9)15(18)17(14)11-6-4-3-5-7-11/h3-9,12-14H,1-2H3,(H,19,20). The largest absolute Gasteiger partial charge is 0.481 e. The Hall–Kier alpha value is -2.10. The van der Waals surface area contributed by atoms with Gasteiger partial charge in [0, 0.05) is 5.69 Å². The fourth-order valence-electron chi connectivity index (χ4n) is 3.63. The maximum atomic E-state index is 12.7. The van der Waals surface area contributed by atoms with Gasteiger partial charge in [-0.1, -0.05) is 36.8 Å². The zero-order valence-electron chi connectivity index (χ0n) is 11.5. The van der Waals surface area contributed by atoms with E-state index in [1.165, 1.54) is 0 Å². The molecule has 4 nitrogen and oxygen atoms in total. The number of carboxylic acid groups (broad SMARTS) is 1. The molecule has 1 amide bonds. The van der Waals surface area contributed by atoms with Crippen LogP contribution in [-0.2, 0) is 9.59 Å². The first-order valence-corrected chi connectivity index (χ1v) is 6.81. The second-order valence-corrected chi connectivity index (χ2v) is 5.65. The number of allylic oxidation sites excluding steroid dienone is 1. The van der Waals surface area contributed by atoms with E-state index in [2.05, 4.69) is 0 Å². The maximum absolute atomic E-state index is 12.7. The molecule has 0 aromatic heterocycles. The van der Waals surface area contributed by atoms with Crippen LogP contribution >= 0.6 is 0 Å². The summed E-state index contributed by atoms with van der Waals surface area (Å²) in [5.74, 6) is -2.10. The molecule has 0 radical (unpaired) electrons. The Bertz CT molecular complexity index is 593. The Balaban J connectivity index is 2.13. The number of carbonyl (C=O) groups is 2. The molecular formula is C16H17NO3. The maximum Gasteiger partial charge on any atom is 0.309 e. The molecule has 2 bridgehead atoms. The van der Waals surface area contributed by atoms with E-state index in [4.69, 9.17) is 0 Å². The fraction of sp³-hybridized carbons (Fsp3) is 0.375. The van der Waals surface area contributed by atoms with Gasteiger partial charge in [-0.15, -0.1) is 0 Å². The summed E-state index contributed by atoms with van der Waals surface area (Å²) in [6.45, 7) is 3.84. The fourth-order valence-corrected chi connectivity index (χ4v) is 3.63. The summed E-state index contributed by atoms with van der Waals surface area (Å²) in [7, 11) is 0. The van der Waals surface area contributed by atoms with Crippen LogP contribution in [0.5, 0.6) is 0 Å². The molecule has 1 aromatic carbocycles. The van der Waals surface area contributed by atoms with E-state index >= 15 is 0 Å². The van der Waals surface area contributed by atoms with Gasteiger partial charge < -0.3 is 10.0 Å². The normalized spacial score (nSPS) is 32.2. The molecule has 20 heavy (non-hydrogen) atoms. The summed E-state index contributed by atoms with van der Waals surface area (Å²) in [6.07, 6.45) is 2.04. The predicted octanol–water partition coefficient (Wildman–Crippen LogP) is 2.31. The van der Waals surface area contributed by atoms with E-state index in [0.29, 0.717) is 0 Å². The summed E-state index contributed by atoms with van der Waals surface area (Å²) in [6, 6.07) is 8.97. The van der Waals surface area contributed by atoms with Crippen LogP contribution in [0.25, 0.3) is 0 Å². The molecule has 1 aliphatic heterocycles. The zero-order valence-corrected chi connectivity index (χ0v) is 11.5. The summed E-state index contributed by atoms with van der Waals surface area (Å²) in [5.41, 5.74) is 1.74. The van der Waals surface area contributed by atoms with Gasteiger partial charge in [-0.05, 0) is 25.0 Å². The molecule has 0 saturated carbocycles. The number of hydrogen-bond donors (Lipinski definition) is 1. The average molecular weight is 271 g/mol. The number of fused-ring (bicyclic) bond motifs is 2. The molecule has 4 atom stereocenters. The quantitative estimate of drug-likeness (QED) is 0.840. The van der Waals surface area contributed by atoms with E-state index in [0.717, 1.165) is 11.3 Å². The number of para-hydroxylation sites is 1. The van der Waals surface area contributed by atoms with Crippen LogP contribution < -0.4 is 4.90 Å². The molecule has 1 N–H and O–H groups in total. The van der Waals surface area contributed by atoms with Gasteiger partial charge in [-0.3, -0.25) is 9.59 Å². The van der Waals surface area contributed by atoms with Crippen LogP contribution in [0.2, 0.25) is 0 Å². The third kappa shape index (κ3) is 1.68. The van der Waals surface area contributed by atoms with Gasteiger partial charge in [-0.25, -0.2) is 0 Å². The lowest BCUT2D eigenvalue weighted by Crippen LogP contribution is -2.39. The van der Waals surface area contributed by atoms with Gasteiger partial charge in [0.2, 0.25) is 5.91 Å². The van der Waals surface area contributed by atoms with E-state index in [9.17, 15) is 14.7 Å². The molecule has 1 aromatic rings. The van der Waals surface area contributed by atoms with Crippen molar-refractivity contribution < 1.29 is 14.7 Å². The van der Waals surface area contributed by atoms with Gasteiger partial charge in [0.05, 0.1) is 17.9 Å². The van der Waals surface area contributed by atoms with Gasteiger partial charge in [0.15, 0.2) is 0 Å². The number of benzene rings is 1. The highest BCUT2D eigenvalue weighted by atomic mass is 16.4. The van der Waals surface area contributed by atoms with Crippen molar-refractivity contribution in [3.63, 3.8) is 0 Å². The van der Waals surface area contributed by atoms with E-state index in [1.54, 1.807) is 4.90 Å². The number of carbonyl (C=O) groups excluding carboxylic acids is 1. The molecule has 0 spiro atoms. The minimum Gasteiger partial charge on any atom is -0.481 e. The number of nitrogens with zero attached hydrogens (tertiary/aromatic N) is 1. The molecule has 2 aliphatic rings. The van der Waals surface area contributed by atoms with E-state index in [1.807, 2.05) is 50.3 Å². The number of carboxylic acids is 1. The Morgan fingerprint density at radius 3 is 2.50 bits per heavy atom. The van der Waals surface area contributed by atoms with E-state index < -0.39 is 17.8 Å². The van der Waals surface area contributed by atoms with Crippen molar-refractivity contribution in [1.82, 2.24) is 0 Å². The smallest absolute Gasteiger partial charge is 0.309 e. The SMILES string of the molecule is CC1=CC(C)C2C(=O)N(c3ccccc3)C1C2C(=O)O. The Kier molecular flexibility index (Phi) is 2.89. The van der Waals surface area contributed by atoms with Crippen molar-refractivity contribution in [3.8, 4) is 0 Å². The lowest BCUT2D eigenvalue weighted by atomic mass is 9.74. The Morgan fingerprint density at radius 2 is 1.90 bits per heavy atom. The number of amides is 1. The van der Waals surface area contributed by atoms with Crippen molar-refractivity contribution in [2.24, 2.45) is 17.8 Å². The zero-order chi connectivity index (χ0) is 14.4. The summed E-state index contributed by atoms with van der Waals surface area (Å²) in [4.78, 5) is 26.0. The summed E-state index contributed by atoms with van der Waals surface area (Å²) >= 11 is 0. The summed E-state index contributed by atoms with van der Waals surface area (Å²) < 4.78 is 0. The summed E-state index contributed by atoms with van der Waals surface area (Å²) in [5, 5.41) is 9.53.